The molecule has 3 saturated carbocycles. The van der Waals surface area contributed by atoms with Gasteiger partial charge in [0.15, 0.2) is 6.17 Å². The van der Waals surface area contributed by atoms with Crippen molar-refractivity contribution in [3.8, 4) is 11.8 Å². The summed E-state index contributed by atoms with van der Waals surface area (Å²) >= 11 is 0. The van der Waals surface area contributed by atoms with Crippen LogP contribution < -0.4 is 0 Å². The summed E-state index contributed by atoms with van der Waals surface area (Å²) in [5.41, 5.74) is 0. The Kier molecular flexibility index (Phi) is 6.17. The van der Waals surface area contributed by atoms with E-state index in [0.29, 0.717) is 5.92 Å². The van der Waals surface area contributed by atoms with E-state index in [9.17, 15) is 13.2 Å². The maximum Gasteiger partial charge on any atom is 0.162 e. The van der Waals surface area contributed by atoms with Gasteiger partial charge in [-0.25, -0.2) is 13.2 Å². The molecule has 0 amide bonds. The Bertz CT molecular complexity index is 437. The van der Waals surface area contributed by atoms with Crippen molar-refractivity contribution in [2.45, 2.75) is 89.6 Å². The summed E-state index contributed by atoms with van der Waals surface area (Å²) in [6.45, 7) is 2.36. The average Bonchev–Trinajstić information content (AvgIpc) is 2.59. The predicted octanol–water partition coefficient (Wildman–Crippen LogP) is 6.05. The van der Waals surface area contributed by atoms with Crippen LogP contribution in [0, 0.1) is 41.4 Å². The second-order valence-electron chi connectivity index (χ2n) is 8.57. The smallest absolute Gasteiger partial charge is 0.162 e. The molecule has 0 aromatic carbocycles. The van der Waals surface area contributed by atoms with Crippen LogP contribution in [-0.2, 0) is 0 Å². The molecule has 0 aromatic heterocycles. The average molecular weight is 340 g/mol. The summed E-state index contributed by atoms with van der Waals surface area (Å²) in [5, 5.41) is 0. The Hall–Kier alpha value is -0.650. The Balaban J connectivity index is 1.44. The predicted molar refractivity (Wildman–Crippen MR) is 91.8 cm³/mol. The first-order valence-electron chi connectivity index (χ1n) is 9.96. The van der Waals surface area contributed by atoms with E-state index in [4.69, 9.17) is 0 Å². The number of alkyl halides is 3. The van der Waals surface area contributed by atoms with Crippen molar-refractivity contribution in [1.29, 1.82) is 0 Å². The topological polar surface area (TPSA) is 0 Å². The molecule has 0 heterocycles. The van der Waals surface area contributed by atoms with Gasteiger partial charge in [0.25, 0.3) is 0 Å². The molecule has 0 aliphatic heterocycles. The summed E-state index contributed by atoms with van der Waals surface area (Å²) in [4.78, 5) is 0. The molecule has 0 bridgehead atoms. The highest BCUT2D eigenvalue weighted by Crippen LogP contribution is 2.41. The summed E-state index contributed by atoms with van der Waals surface area (Å²) in [7, 11) is 0. The van der Waals surface area contributed by atoms with Crippen molar-refractivity contribution in [2.24, 2.45) is 29.6 Å². The van der Waals surface area contributed by atoms with Crippen LogP contribution >= 0.6 is 0 Å². The highest BCUT2D eigenvalue weighted by molar-refractivity contribution is 5.11. The first-order valence-corrected chi connectivity index (χ1v) is 9.96. The number of hydrogen-bond donors (Lipinski definition) is 0. The molecule has 0 aromatic rings. The van der Waals surface area contributed by atoms with Crippen LogP contribution in [0.2, 0.25) is 0 Å². The Morgan fingerprint density at radius 3 is 1.62 bits per heavy atom. The molecular weight excluding hydrogens is 309 g/mol. The van der Waals surface area contributed by atoms with Crippen molar-refractivity contribution in [3.63, 3.8) is 0 Å². The maximum atomic E-state index is 13.4. The quantitative estimate of drug-likeness (QED) is 0.510. The zero-order valence-corrected chi connectivity index (χ0v) is 14.8. The van der Waals surface area contributed by atoms with Crippen molar-refractivity contribution in [3.05, 3.63) is 0 Å². The van der Waals surface area contributed by atoms with Crippen molar-refractivity contribution >= 4 is 0 Å². The molecule has 2 atom stereocenters. The summed E-state index contributed by atoms with van der Waals surface area (Å²) in [6, 6.07) is 0. The lowest BCUT2D eigenvalue weighted by atomic mass is 9.69. The number of halogens is 3. The molecule has 0 saturated heterocycles. The van der Waals surface area contributed by atoms with E-state index in [2.05, 4.69) is 18.8 Å². The molecule has 3 heteroatoms. The first-order chi connectivity index (χ1) is 11.5. The van der Waals surface area contributed by atoms with Gasteiger partial charge in [-0.05, 0) is 69.1 Å². The van der Waals surface area contributed by atoms with Gasteiger partial charge in [-0.2, -0.15) is 0 Å². The van der Waals surface area contributed by atoms with Crippen LogP contribution in [0.15, 0.2) is 0 Å². The van der Waals surface area contributed by atoms with Crippen LogP contribution in [0.25, 0.3) is 0 Å². The minimum absolute atomic E-state index is 0.0597. The van der Waals surface area contributed by atoms with E-state index in [1.54, 1.807) is 0 Å². The fraction of sp³-hybridized carbons (Fsp3) is 0.905. The van der Waals surface area contributed by atoms with Crippen LogP contribution in [0.5, 0.6) is 0 Å². The first kappa shape index (κ1) is 18.2. The molecule has 3 aliphatic rings. The van der Waals surface area contributed by atoms with Gasteiger partial charge in [-0.15, -0.1) is 0 Å². The number of rotatable bonds is 1. The van der Waals surface area contributed by atoms with Crippen LogP contribution in [0.4, 0.5) is 13.2 Å². The third kappa shape index (κ3) is 4.50. The SMILES string of the molecule is CC1CCC(C2CCC(C#CC3CC(F)C(F)C(F)C3)CC2)CC1. The molecular formula is C21H31F3. The van der Waals surface area contributed by atoms with E-state index in [1.807, 2.05) is 0 Å². The fourth-order valence-electron chi connectivity index (χ4n) is 4.97. The van der Waals surface area contributed by atoms with Gasteiger partial charge in [-0.1, -0.05) is 31.6 Å². The van der Waals surface area contributed by atoms with Gasteiger partial charge in [0.1, 0.15) is 12.3 Å². The molecule has 3 fully saturated rings. The van der Waals surface area contributed by atoms with Crippen LogP contribution in [0.3, 0.4) is 0 Å². The fourth-order valence-corrected chi connectivity index (χ4v) is 4.97. The Morgan fingerprint density at radius 1 is 0.625 bits per heavy atom. The van der Waals surface area contributed by atoms with Gasteiger partial charge < -0.3 is 0 Å². The van der Waals surface area contributed by atoms with Gasteiger partial charge in [0.2, 0.25) is 0 Å². The minimum Gasteiger partial charge on any atom is -0.244 e. The van der Waals surface area contributed by atoms with E-state index in [-0.39, 0.29) is 18.8 Å². The molecule has 0 nitrogen and oxygen atoms in total. The third-order valence-electron chi connectivity index (χ3n) is 6.70. The van der Waals surface area contributed by atoms with Gasteiger partial charge in [-0.3, -0.25) is 0 Å². The van der Waals surface area contributed by atoms with E-state index in [1.165, 1.54) is 38.5 Å². The molecule has 3 rings (SSSR count). The Labute approximate surface area is 145 Å². The zero-order valence-electron chi connectivity index (χ0n) is 14.8. The highest BCUT2D eigenvalue weighted by Gasteiger charge is 2.38. The highest BCUT2D eigenvalue weighted by atomic mass is 19.2. The van der Waals surface area contributed by atoms with Crippen molar-refractivity contribution in [1.82, 2.24) is 0 Å². The molecule has 2 unspecified atom stereocenters. The molecule has 136 valence electrons. The molecule has 24 heavy (non-hydrogen) atoms. The number of hydrogen-bond acceptors (Lipinski definition) is 0. The molecule has 0 spiro atoms. The second kappa shape index (κ2) is 8.15. The lowest BCUT2D eigenvalue weighted by Crippen LogP contribution is -2.36. The standard InChI is InChI=1S/C21H31F3/c1-14-2-8-17(9-3-14)18-10-6-15(7-11-18)4-5-16-12-19(22)21(24)20(23)13-16/h14-21H,2-3,6-13H2,1H3. The second-order valence-corrected chi connectivity index (χ2v) is 8.57. The lowest BCUT2D eigenvalue weighted by molar-refractivity contribution is 0.0297. The summed E-state index contributed by atoms with van der Waals surface area (Å²) < 4.78 is 40.1. The van der Waals surface area contributed by atoms with Crippen molar-refractivity contribution in [2.75, 3.05) is 0 Å². The third-order valence-corrected chi connectivity index (χ3v) is 6.70. The molecule has 3 aliphatic carbocycles. The molecule has 0 N–H and O–H groups in total. The summed E-state index contributed by atoms with van der Waals surface area (Å²) in [5.74, 6) is 9.10. The minimum atomic E-state index is -1.95. The zero-order chi connectivity index (χ0) is 17.1. The monoisotopic (exact) mass is 340 g/mol. The van der Waals surface area contributed by atoms with Gasteiger partial charge in [0.05, 0.1) is 0 Å². The van der Waals surface area contributed by atoms with Crippen LogP contribution in [-0.4, -0.2) is 18.5 Å². The molecule has 0 radical (unpaired) electrons. The normalized spacial score (nSPS) is 46.8. The Morgan fingerprint density at radius 2 is 1.08 bits per heavy atom. The summed E-state index contributed by atoms with van der Waals surface area (Å²) in [6.07, 6.45) is 5.13. The van der Waals surface area contributed by atoms with E-state index in [0.717, 1.165) is 30.6 Å². The maximum absolute atomic E-state index is 13.4. The lowest BCUT2D eigenvalue weighted by Gasteiger charge is -2.36. The van der Waals surface area contributed by atoms with Crippen LogP contribution in [0.1, 0.15) is 71.1 Å². The van der Waals surface area contributed by atoms with Crippen molar-refractivity contribution < 1.29 is 13.2 Å². The largest absolute Gasteiger partial charge is 0.244 e. The van der Waals surface area contributed by atoms with Gasteiger partial charge >= 0.3 is 0 Å². The van der Waals surface area contributed by atoms with E-state index >= 15 is 0 Å². The van der Waals surface area contributed by atoms with Gasteiger partial charge in [0, 0.05) is 11.8 Å². The van der Waals surface area contributed by atoms with E-state index < -0.39 is 18.5 Å².